The van der Waals surface area contributed by atoms with E-state index in [0.29, 0.717) is 5.82 Å². The predicted octanol–water partition coefficient (Wildman–Crippen LogP) is 13.4. The Morgan fingerprint density at radius 2 is 0.857 bits per heavy atom. The van der Waals surface area contributed by atoms with E-state index in [1.54, 1.807) is 0 Å². The predicted molar refractivity (Wildman–Crippen MR) is 228 cm³/mol. The normalized spacial score (nSPS) is 12.8. The second-order valence-electron chi connectivity index (χ2n) is 14.5. The zero-order chi connectivity index (χ0) is 37.1. The molecule has 56 heavy (non-hydrogen) atoms. The van der Waals surface area contributed by atoms with E-state index in [-0.39, 0.29) is 0 Å². The second kappa shape index (κ2) is 12.9. The summed E-state index contributed by atoms with van der Waals surface area (Å²) < 4.78 is 6.37. The van der Waals surface area contributed by atoms with Crippen molar-refractivity contribution in [3.05, 3.63) is 229 Å². The van der Waals surface area contributed by atoms with Crippen molar-refractivity contribution in [2.45, 2.75) is 5.41 Å². The third-order valence-electron chi connectivity index (χ3n) is 11.4. The lowest BCUT2D eigenvalue weighted by Crippen LogP contribution is -2.28. The van der Waals surface area contributed by atoms with E-state index in [9.17, 15) is 0 Å². The molecule has 0 saturated heterocycles. The van der Waals surface area contributed by atoms with Gasteiger partial charge < -0.3 is 4.42 Å². The lowest BCUT2D eigenvalue weighted by atomic mass is 9.67. The highest BCUT2D eigenvalue weighted by Gasteiger charge is 2.45. The van der Waals surface area contributed by atoms with Crippen molar-refractivity contribution in [1.29, 1.82) is 0 Å². The van der Waals surface area contributed by atoms with Crippen molar-refractivity contribution in [3.63, 3.8) is 0 Å². The highest BCUT2D eigenvalue weighted by molar-refractivity contribution is 6.09. The Balaban J connectivity index is 1.02. The number of fused-ring (bicyclic) bond motifs is 6. The molecule has 10 aromatic rings. The van der Waals surface area contributed by atoms with E-state index in [0.717, 1.165) is 61.1 Å². The van der Waals surface area contributed by atoms with Crippen LogP contribution >= 0.6 is 0 Å². The first kappa shape index (κ1) is 32.1. The van der Waals surface area contributed by atoms with Gasteiger partial charge in [0.2, 0.25) is 0 Å². The maximum atomic E-state index is 6.37. The largest absolute Gasteiger partial charge is 0.455 e. The topological polar surface area (TPSA) is 38.9 Å². The third-order valence-corrected chi connectivity index (χ3v) is 11.4. The average molecular weight is 715 g/mol. The number of furan rings is 1. The SMILES string of the molecule is c1ccc(-c2nc(-c3ccc(-c4cccc5c4oc4ccccc45)cc3)cc(-c3ccc(C4(c5ccccc5)c5ccccc5-c5ccccc54)cc3)n2)cc1. The third kappa shape index (κ3) is 4.98. The van der Waals surface area contributed by atoms with E-state index in [4.69, 9.17) is 14.4 Å². The molecule has 0 aliphatic heterocycles. The molecule has 0 unspecified atom stereocenters. The summed E-state index contributed by atoms with van der Waals surface area (Å²) in [7, 11) is 0. The van der Waals surface area contributed by atoms with Gasteiger partial charge in [-0.05, 0) is 51.1 Å². The van der Waals surface area contributed by atoms with Gasteiger partial charge in [-0.15, -0.1) is 0 Å². The molecule has 11 rings (SSSR count). The highest BCUT2D eigenvalue weighted by Crippen LogP contribution is 2.56. The minimum atomic E-state index is -0.451. The Bertz CT molecular complexity index is 3010. The number of para-hydroxylation sites is 2. The summed E-state index contributed by atoms with van der Waals surface area (Å²) in [5.41, 5.74) is 15.9. The monoisotopic (exact) mass is 714 g/mol. The molecule has 1 aliphatic carbocycles. The van der Waals surface area contributed by atoms with Crippen molar-refractivity contribution >= 4 is 21.9 Å². The van der Waals surface area contributed by atoms with E-state index in [1.165, 1.54) is 33.4 Å². The first-order valence-corrected chi connectivity index (χ1v) is 19.1. The summed E-state index contributed by atoms with van der Waals surface area (Å²) in [6.07, 6.45) is 0. The number of benzene rings is 8. The zero-order valence-corrected chi connectivity index (χ0v) is 30.4. The summed E-state index contributed by atoms with van der Waals surface area (Å²) in [6.45, 7) is 0. The van der Waals surface area contributed by atoms with Gasteiger partial charge in [-0.3, -0.25) is 0 Å². The van der Waals surface area contributed by atoms with Gasteiger partial charge >= 0.3 is 0 Å². The van der Waals surface area contributed by atoms with Crippen LogP contribution in [0.2, 0.25) is 0 Å². The fourth-order valence-corrected chi connectivity index (χ4v) is 8.86. The van der Waals surface area contributed by atoms with Crippen LogP contribution in [-0.4, -0.2) is 9.97 Å². The molecule has 0 fully saturated rings. The molecule has 3 nitrogen and oxygen atoms in total. The molecule has 0 spiro atoms. The molecule has 0 radical (unpaired) electrons. The van der Waals surface area contributed by atoms with Crippen molar-refractivity contribution in [2.75, 3.05) is 0 Å². The van der Waals surface area contributed by atoms with Crippen LogP contribution in [0.5, 0.6) is 0 Å². The van der Waals surface area contributed by atoms with Gasteiger partial charge in [0.05, 0.1) is 16.8 Å². The number of rotatable bonds is 6. The van der Waals surface area contributed by atoms with Gasteiger partial charge in [-0.25, -0.2) is 9.97 Å². The lowest BCUT2D eigenvalue weighted by molar-refractivity contribution is 0.670. The molecule has 0 saturated carbocycles. The smallest absolute Gasteiger partial charge is 0.160 e. The van der Waals surface area contributed by atoms with Crippen LogP contribution in [0, 0.1) is 0 Å². The molecular formula is C53H34N2O. The van der Waals surface area contributed by atoms with Crippen molar-refractivity contribution in [1.82, 2.24) is 9.97 Å². The Hall–Kier alpha value is -7.36. The molecule has 8 aromatic carbocycles. The average Bonchev–Trinajstić information content (AvgIpc) is 3.81. The molecule has 3 heteroatoms. The fraction of sp³-hybridized carbons (Fsp3) is 0.0189. The molecular weight excluding hydrogens is 681 g/mol. The van der Waals surface area contributed by atoms with Crippen LogP contribution in [0.1, 0.15) is 22.3 Å². The molecule has 2 heterocycles. The first-order chi connectivity index (χ1) is 27.8. The minimum absolute atomic E-state index is 0.451. The first-order valence-electron chi connectivity index (χ1n) is 19.1. The standard InChI is InChI=1S/C53H34N2O/c1-3-14-38(15-4-1)52-54-48(36-28-26-35(27-29-36)41-21-13-22-45-44-20-9-12-25-50(44)56-51(41)45)34-49(55-52)37-30-32-40(33-31-37)53(39-16-5-2-6-17-39)46-23-10-7-18-42(46)43-19-8-11-24-47(43)53/h1-34H. The number of nitrogens with zero attached hydrogens (tertiary/aromatic N) is 2. The van der Waals surface area contributed by atoms with Crippen molar-refractivity contribution < 1.29 is 4.42 Å². The summed E-state index contributed by atoms with van der Waals surface area (Å²) in [4.78, 5) is 10.3. The molecule has 0 bridgehead atoms. The number of hydrogen-bond acceptors (Lipinski definition) is 3. The maximum absolute atomic E-state index is 6.37. The van der Waals surface area contributed by atoms with E-state index < -0.39 is 5.41 Å². The van der Waals surface area contributed by atoms with Crippen LogP contribution in [0.25, 0.3) is 78.1 Å². The van der Waals surface area contributed by atoms with E-state index >= 15 is 0 Å². The summed E-state index contributed by atoms with van der Waals surface area (Å²) in [5.74, 6) is 0.692. The second-order valence-corrected chi connectivity index (χ2v) is 14.5. The fourth-order valence-electron chi connectivity index (χ4n) is 8.86. The van der Waals surface area contributed by atoms with Crippen molar-refractivity contribution in [2.24, 2.45) is 0 Å². The van der Waals surface area contributed by atoms with Crippen LogP contribution in [0.4, 0.5) is 0 Å². The molecule has 0 atom stereocenters. The maximum Gasteiger partial charge on any atom is 0.160 e. The lowest BCUT2D eigenvalue weighted by Gasteiger charge is -2.34. The van der Waals surface area contributed by atoms with E-state index in [1.807, 2.05) is 30.3 Å². The van der Waals surface area contributed by atoms with Gasteiger partial charge in [0.15, 0.2) is 5.82 Å². The van der Waals surface area contributed by atoms with Gasteiger partial charge in [0.25, 0.3) is 0 Å². The van der Waals surface area contributed by atoms with Crippen LogP contribution in [0.3, 0.4) is 0 Å². The molecule has 0 amide bonds. The molecule has 1 aliphatic rings. The highest BCUT2D eigenvalue weighted by atomic mass is 16.3. The number of aromatic nitrogens is 2. The molecule has 0 N–H and O–H groups in total. The Labute approximate surface area is 325 Å². The van der Waals surface area contributed by atoms with Crippen LogP contribution in [-0.2, 0) is 5.41 Å². The Kier molecular flexibility index (Phi) is 7.39. The Morgan fingerprint density at radius 1 is 0.357 bits per heavy atom. The molecule has 2 aromatic heterocycles. The molecule has 262 valence electrons. The Morgan fingerprint density at radius 3 is 1.54 bits per heavy atom. The zero-order valence-electron chi connectivity index (χ0n) is 30.4. The van der Waals surface area contributed by atoms with E-state index in [2.05, 4.69) is 176 Å². The number of hydrogen-bond donors (Lipinski definition) is 0. The van der Waals surface area contributed by atoms with Gasteiger partial charge in [0.1, 0.15) is 11.2 Å². The van der Waals surface area contributed by atoms with Gasteiger partial charge in [0, 0.05) is 33.0 Å². The van der Waals surface area contributed by atoms with Crippen LogP contribution < -0.4 is 0 Å². The van der Waals surface area contributed by atoms with Gasteiger partial charge in [-0.2, -0.15) is 0 Å². The van der Waals surface area contributed by atoms with Crippen LogP contribution in [0.15, 0.2) is 211 Å². The summed E-state index contributed by atoms with van der Waals surface area (Å²) in [6, 6.07) is 73.2. The van der Waals surface area contributed by atoms with Gasteiger partial charge in [-0.1, -0.05) is 194 Å². The quantitative estimate of drug-likeness (QED) is 0.172. The summed E-state index contributed by atoms with van der Waals surface area (Å²) in [5, 5.41) is 2.25. The summed E-state index contributed by atoms with van der Waals surface area (Å²) >= 11 is 0. The van der Waals surface area contributed by atoms with Crippen molar-refractivity contribution in [3.8, 4) is 56.2 Å². The minimum Gasteiger partial charge on any atom is -0.455 e.